The number of sulfonamides is 1. The molecule has 276 valence electrons. The van der Waals surface area contributed by atoms with E-state index in [4.69, 9.17) is 26.5 Å². The summed E-state index contributed by atoms with van der Waals surface area (Å²) in [5.41, 5.74) is 8.65. The lowest BCUT2D eigenvalue weighted by atomic mass is 10.0. The van der Waals surface area contributed by atoms with E-state index in [1.807, 2.05) is 18.2 Å². The average molecular weight is 743 g/mol. The number of aromatic nitrogens is 1. The molecule has 3 heterocycles. The molecule has 2 aliphatic rings. The molecular weight excluding hydrogens is 696 g/mol. The van der Waals surface area contributed by atoms with Crippen LogP contribution in [0.2, 0.25) is 5.02 Å². The third-order valence-corrected chi connectivity index (χ3v) is 10.1. The van der Waals surface area contributed by atoms with Gasteiger partial charge in [0.1, 0.15) is 17.6 Å². The van der Waals surface area contributed by atoms with Crippen LogP contribution in [-0.4, -0.2) is 92.6 Å². The Labute approximate surface area is 303 Å². The Hall–Kier alpha value is -3.66. The molecule has 0 bridgehead atoms. The molecule has 15 heteroatoms. The first-order chi connectivity index (χ1) is 24.5. The minimum Gasteiger partial charge on any atom is -0.434 e. The quantitative estimate of drug-likeness (QED) is 0.0907. The lowest BCUT2D eigenvalue weighted by Crippen LogP contribution is -2.55. The maximum Gasteiger partial charge on any atom is 0.266 e. The molecule has 0 saturated carbocycles. The van der Waals surface area contributed by atoms with E-state index in [9.17, 15) is 22.8 Å². The Kier molecular flexibility index (Phi) is 13.8. The third-order valence-electron chi connectivity index (χ3n) is 9.12. The van der Waals surface area contributed by atoms with Gasteiger partial charge in [0.05, 0.1) is 25.0 Å². The number of ether oxygens (including phenoxy) is 1. The fraction of sp³-hybridized carbons (Fsp3) is 0.500. The monoisotopic (exact) mass is 742 g/mol. The number of benzene rings is 2. The standard InChI is InChI=1S/C36H47ClN6O7S/c1-51(47,48)42-30(15-12-24-16-19-39-20-17-24)36(46)43-22-27(49-23-25-10-13-26(37)14-11-25)21-31(43)34(45)40-29(8-3-2-6-18-38)33(44)35-41-28-7-4-5-9-32(28)50-35/h4-5,7,9-14,27,29-31,39,42H,2-3,6,8,15-23,38H2,1H3,(H,40,45)/t27-,29?,30?,31?/m1/s1. The van der Waals surface area contributed by atoms with E-state index in [-0.39, 0.29) is 31.9 Å². The van der Waals surface area contributed by atoms with Gasteiger partial charge in [-0.25, -0.2) is 18.1 Å². The summed E-state index contributed by atoms with van der Waals surface area (Å²) in [4.78, 5) is 48.0. The number of carbonyl (C=O) groups excluding carboxylic acids is 3. The zero-order chi connectivity index (χ0) is 36.4. The van der Waals surface area contributed by atoms with Crippen molar-refractivity contribution in [3.8, 4) is 0 Å². The van der Waals surface area contributed by atoms with Crippen molar-refractivity contribution in [1.82, 2.24) is 25.2 Å². The molecule has 5 N–H and O–H groups in total. The number of amides is 2. The van der Waals surface area contributed by atoms with Crippen molar-refractivity contribution in [2.75, 3.05) is 32.4 Å². The first kappa shape index (κ1) is 38.6. The second-order valence-electron chi connectivity index (χ2n) is 13.1. The van der Waals surface area contributed by atoms with Crippen LogP contribution in [0.4, 0.5) is 0 Å². The number of hydrogen-bond acceptors (Lipinski definition) is 10. The summed E-state index contributed by atoms with van der Waals surface area (Å²) in [7, 11) is -3.79. The van der Waals surface area contributed by atoms with Gasteiger partial charge in [-0.15, -0.1) is 0 Å². The van der Waals surface area contributed by atoms with Crippen molar-refractivity contribution in [3.05, 3.63) is 76.7 Å². The SMILES string of the molecule is CS(=O)(=O)NC(CC=C1CCNCC1)C(=O)N1C[C@H](OCc2ccc(Cl)cc2)CC1C(=O)NC(CCCCCN)C(=O)c1nc2ccccc2o1. The van der Waals surface area contributed by atoms with Crippen LogP contribution in [0, 0.1) is 0 Å². The number of para-hydroxylation sites is 2. The number of likely N-dealkylation sites (tertiary alicyclic amines) is 1. The summed E-state index contributed by atoms with van der Waals surface area (Å²) in [5.74, 6) is -1.70. The predicted molar refractivity (Wildman–Crippen MR) is 195 cm³/mol. The van der Waals surface area contributed by atoms with Crippen LogP contribution < -0.4 is 21.1 Å². The van der Waals surface area contributed by atoms with Crippen LogP contribution in [0.15, 0.2) is 64.6 Å². The first-order valence-corrected chi connectivity index (χ1v) is 19.7. The Morgan fingerprint density at radius 2 is 1.84 bits per heavy atom. The fourth-order valence-electron chi connectivity index (χ4n) is 6.43. The molecule has 4 atom stereocenters. The lowest BCUT2D eigenvalue weighted by molar-refractivity contribution is -0.140. The second kappa shape index (κ2) is 18.2. The van der Waals surface area contributed by atoms with Crippen LogP contribution in [0.5, 0.6) is 0 Å². The van der Waals surface area contributed by atoms with Gasteiger partial charge in [-0.1, -0.05) is 60.4 Å². The van der Waals surface area contributed by atoms with Crippen LogP contribution in [0.3, 0.4) is 0 Å². The van der Waals surface area contributed by atoms with Crippen LogP contribution >= 0.6 is 11.6 Å². The van der Waals surface area contributed by atoms with Gasteiger partial charge in [-0.05, 0) is 81.6 Å². The molecule has 5 rings (SSSR count). The van der Waals surface area contributed by atoms with E-state index in [0.717, 1.165) is 56.2 Å². The van der Waals surface area contributed by atoms with E-state index in [2.05, 4.69) is 20.3 Å². The molecule has 3 unspecified atom stereocenters. The number of halogens is 1. The van der Waals surface area contributed by atoms with Crippen molar-refractivity contribution in [3.63, 3.8) is 0 Å². The smallest absolute Gasteiger partial charge is 0.266 e. The van der Waals surface area contributed by atoms with Gasteiger partial charge >= 0.3 is 0 Å². The van der Waals surface area contributed by atoms with E-state index in [1.54, 1.807) is 36.4 Å². The van der Waals surface area contributed by atoms with E-state index in [1.165, 1.54) is 4.90 Å². The van der Waals surface area contributed by atoms with Gasteiger partial charge < -0.3 is 30.4 Å². The number of nitrogens with zero attached hydrogens (tertiary/aromatic N) is 2. The first-order valence-electron chi connectivity index (χ1n) is 17.4. The van der Waals surface area contributed by atoms with Crippen molar-refractivity contribution in [2.24, 2.45) is 5.73 Å². The fourth-order valence-corrected chi connectivity index (χ4v) is 7.27. The van der Waals surface area contributed by atoms with E-state index in [0.29, 0.717) is 35.5 Å². The number of fused-ring (bicyclic) bond motifs is 1. The highest BCUT2D eigenvalue weighted by atomic mass is 35.5. The Bertz CT molecular complexity index is 1760. The number of rotatable bonds is 17. The largest absolute Gasteiger partial charge is 0.434 e. The van der Waals surface area contributed by atoms with Crippen LogP contribution in [-0.2, 0) is 31.0 Å². The number of hydrogen-bond donors (Lipinski definition) is 4. The topological polar surface area (TPSA) is 186 Å². The third kappa shape index (κ3) is 11.2. The van der Waals surface area contributed by atoms with Crippen LogP contribution in [0.25, 0.3) is 11.1 Å². The highest BCUT2D eigenvalue weighted by Crippen LogP contribution is 2.26. The molecule has 2 aromatic carbocycles. The minimum atomic E-state index is -3.79. The number of carbonyl (C=O) groups is 3. The number of nitrogens with two attached hydrogens (primary N) is 1. The van der Waals surface area contributed by atoms with Gasteiger partial charge in [-0.2, -0.15) is 0 Å². The van der Waals surface area contributed by atoms with Crippen molar-refractivity contribution >= 4 is 50.3 Å². The molecule has 13 nitrogen and oxygen atoms in total. The van der Waals surface area contributed by atoms with E-state index >= 15 is 0 Å². The Morgan fingerprint density at radius 3 is 2.55 bits per heavy atom. The normalized spacial score (nSPS) is 19.2. The number of oxazole rings is 1. The lowest BCUT2D eigenvalue weighted by Gasteiger charge is -2.29. The Balaban J connectivity index is 1.39. The molecule has 3 aromatic rings. The van der Waals surface area contributed by atoms with Gasteiger partial charge in [0.25, 0.3) is 5.89 Å². The molecular formula is C36H47ClN6O7S. The molecule has 1 aromatic heterocycles. The van der Waals surface area contributed by atoms with Crippen molar-refractivity contribution < 1.29 is 32.0 Å². The summed E-state index contributed by atoms with van der Waals surface area (Å²) in [6, 6.07) is 11.0. The summed E-state index contributed by atoms with van der Waals surface area (Å²) in [6.45, 7) is 2.38. The van der Waals surface area contributed by atoms with Crippen LogP contribution in [0.1, 0.15) is 67.6 Å². The zero-order valence-electron chi connectivity index (χ0n) is 28.8. The summed E-state index contributed by atoms with van der Waals surface area (Å²) in [6.07, 6.45) is 6.67. The second-order valence-corrected chi connectivity index (χ2v) is 15.4. The Morgan fingerprint density at radius 1 is 1.10 bits per heavy atom. The molecule has 0 radical (unpaired) electrons. The highest BCUT2D eigenvalue weighted by molar-refractivity contribution is 7.88. The number of Topliss-reactive ketones (excluding diaryl/α,β-unsaturated/α-hetero) is 1. The van der Waals surface area contributed by atoms with Gasteiger partial charge in [0.15, 0.2) is 5.58 Å². The maximum absolute atomic E-state index is 14.3. The number of ketones is 1. The number of unbranched alkanes of at least 4 members (excludes halogenated alkanes) is 2. The van der Waals surface area contributed by atoms with Crippen molar-refractivity contribution in [1.29, 1.82) is 0 Å². The van der Waals surface area contributed by atoms with Crippen molar-refractivity contribution in [2.45, 2.75) is 82.2 Å². The molecule has 2 aliphatic heterocycles. The number of piperidine rings is 1. The zero-order valence-corrected chi connectivity index (χ0v) is 30.4. The predicted octanol–water partition coefficient (Wildman–Crippen LogP) is 3.47. The summed E-state index contributed by atoms with van der Waals surface area (Å²) < 4.78 is 39.4. The minimum absolute atomic E-state index is 0.0488. The molecule has 0 spiro atoms. The molecule has 2 fully saturated rings. The van der Waals surface area contributed by atoms with Gasteiger partial charge in [0, 0.05) is 18.0 Å². The number of nitrogens with one attached hydrogen (secondary N) is 3. The molecule has 0 aliphatic carbocycles. The molecule has 2 saturated heterocycles. The molecule has 51 heavy (non-hydrogen) atoms. The average Bonchev–Trinajstić information content (AvgIpc) is 3.76. The summed E-state index contributed by atoms with van der Waals surface area (Å²) >= 11 is 6.04. The highest BCUT2D eigenvalue weighted by Gasteiger charge is 2.43. The van der Waals surface area contributed by atoms with Gasteiger partial charge in [0.2, 0.25) is 27.6 Å². The summed E-state index contributed by atoms with van der Waals surface area (Å²) in [5, 5.41) is 6.76. The molecule has 2 amide bonds. The van der Waals surface area contributed by atoms with Gasteiger partial charge in [-0.3, -0.25) is 14.4 Å². The van der Waals surface area contributed by atoms with E-state index < -0.39 is 51.9 Å². The maximum atomic E-state index is 14.3.